The van der Waals surface area contributed by atoms with Crippen LogP contribution < -0.4 is 14.8 Å². The molecule has 0 radical (unpaired) electrons. The standard InChI is InChI=1S/C21H21N3O3S/c1-3-20-23-24-21(28-20)22-19(25)12-10-15-9-11-17(18(13-15)26-2)27-14-16-7-5-4-6-8-16/h4-13H,3,14H2,1-2H3,(H,22,24,25)/b12-10+. The molecule has 144 valence electrons. The summed E-state index contributed by atoms with van der Waals surface area (Å²) in [7, 11) is 1.59. The summed E-state index contributed by atoms with van der Waals surface area (Å²) in [5, 5.41) is 12.0. The predicted octanol–water partition coefficient (Wildman–Crippen LogP) is 4.34. The second-order valence-electron chi connectivity index (χ2n) is 5.86. The molecule has 1 aromatic heterocycles. The number of aromatic nitrogens is 2. The first-order chi connectivity index (χ1) is 13.7. The summed E-state index contributed by atoms with van der Waals surface area (Å²) in [4.78, 5) is 12.0. The second kappa shape index (κ2) is 9.66. The van der Waals surface area contributed by atoms with Crippen LogP contribution in [0, 0.1) is 0 Å². The lowest BCUT2D eigenvalue weighted by molar-refractivity contribution is -0.111. The molecule has 2 aromatic carbocycles. The van der Waals surface area contributed by atoms with Gasteiger partial charge < -0.3 is 9.47 Å². The van der Waals surface area contributed by atoms with E-state index < -0.39 is 0 Å². The van der Waals surface area contributed by atoms with E-state index in [2.05, 4.69) is 15.5 Å². The summed E-state index contributed by atoms with van der Waals surface area (Å²) < 4.78 is 11.3. The molecule has 0 saturated carbocycles. The zero-order valence-electron chi connectivity index (χ0n) is 15.7. The van der Waals surface area contributed by atoms with Crippen LogP contribution in [-0.4, -0.2) is 23.2 Å². The lowest BCUT2D eigenvalue weighted by atomic mass is 10.2. The van der Waals surface area contributed by atoms with E-state index in [0.29, 0.717) is 23.2 Å². The van der Waals surface area contributed by atoms with Crippen molar-refractivity contribution in [2.24, 2.45) is 0 Å². The number of aryl methyl sites for hydroxylation is 1. The zero-order chi connectivity index (χ0) is 19.8. The van der Waals surface area contributed by atoms with E-state index in [-0.39, 0.29) is 5.91 Å². The number of hydrogen-bond acceptors (Lipinski definition) is 6. The van der Waals surface area contributed by atoms with Gasteiger partial charge in [0.25, 0.3) is 0 Å². The molecule has 0 atom stereocenters. The minimum absolute atomic E-state index is 0.262. The number of rotatable bonds is 8. The van der Waals surface area contributed by atoms with Crippen LogP contribution in [0.1, 0.15) is 23.1 Å². The van der Waals surface area contributed by atoms with Crippen molar-refractivity contribution in [2.45, 2.75) is 20.0 Å². The maximum atomic E-state index is 12.0. The Morgan fingerprint density at radius 1 is 1.14 bits per heavy atom. The molecule has 0 unspecified atom stereocenters. The molecular weight excluding hydrogens is 374 g/mol. The lowest BCUT2D eigenvalue weighted by Gasteiger charge is -2.11. The van der Waals surface area contributed by atoms with Crippen LogP contribution in [-0.2, 0) is 17.8 Å². The topological polar surface area (TPSA) is 73.3 Å². The van der Waals surface area contributed by atoms with Gasteiger partial charge in [0.05, 0.1) is 7.11 Å². The third kappa shape index (κ3) is 5.40. The number of carbonyl (C=O) groups excluding carboxylic acids is 1. The highest BCUT2D eigenvalue weighted by Gasteiger charge is 2.07. The summed E-state index contributed by atoms with van der Waals surface area (Å²) in [5.41, 5.74) is 1.90. The highest BCUT2D eigenvalue weighted by Crippen LogP contribution is 2.29. The average Bonchev–Trinajstić information content (AvgIpc) is 3.19. The molecule has 0 bridgehead atoms. The van der Waals surface area contributed by atoms with Crippen LogP contribution in [0.15, 0.2) is 54.6 Å². The van der Waals surface area contributed by atoms with Crippen LogP contribution >= 0.6 is 11.3 Å². The molecule has 28 heavy (non-hydrogen) atoms. The van der Waals surface area contributed by atoms with Gasteiger partial charge in [-0.3, -0.25) is 10.1 Å². The molecule has 0 spiro atoms. The van der Waals surface area contributed by atoms with E-state index in [1.807, 2.05) is 55.5 Å². The number of hydrogen-bond donors (Lipinski definition) is 1. The molecule has 1 amide bonds. The molecule has 1 heterocycles. The van der Waals surface area contributed by atoms with Gasteiger partial charge in [0.1, 0.15) is 11.6 Å². The van der Waals surface area contributed by atoms with Crippen molar-refractivity contribution < 1.29 is 14.3 Å². The Labute approximate surface area is 167 Å². The van der Waals surface area contributed by atoms with Crippen LogP contribution in [0.3, 0.4) is 0 Å². The first-order valence-corrected chi connectivity index (χ1v) is 9.65. The second-order valence-corrected chi connectivity index (χ2v) is 6.92. The number of nitrogens with zero attached hydrogens (tertiary/aromatic N) is 2. The van der Waals surface area contributed by atoms with Crippen molar-refractivity contribution in [3.05, 3.63) is 70.7 Å². The molecule has 0 aliphatic heterocycles. The van der Waals surface area contributed by atoms with Crippen molar-refractivity contribution in [3.8, 4) is 11.5 Å². The fourth-order valence-corrected chi connectivity index (χ4v) is 3.09. The number of ether oxygens (including phenoxy) is 2. The Morgan fingerprint density at radius 3 is 2.68 bits per heavy atom. The maximum Gasteiger partial charge on any atom is 0.250 e. The average molecular weight is 395 g/mol. The molecule has 3 rings (SSSR count). The number of nitrogens with one attached hydrogen (secondary N) is 1. The Hall–Kier alpha value is -3.19. The fraction of sp³-hybridized carbons (Fsp3) is 0.190. The van der Waals surface area contributed by atoms with Crippen LogP contribution in [0.4, 0.5) is 5.13 Å². The van der Waals surface area contributed by atoms with E-state index in [0.717, 1.165) is 22.6 Å². The fourth-order valence-electron chi connectivity index (χ4n) is 2.41. The van der Waals surface area contributed by atoms with E-state index in [1.165, 1.54) is 17.4 Å². The van der Waals surface area contributed by atoms with Crippen molar-refractivity contribution >= 4 is 28.5 Å². The number of amides is 1. The first-order valence-electron chi connectivity index (χ1n) is 8.84. The van der Waals surface area contributed by atoms with Gasteiger partial charge in [-0.15, -0.1) is 10.2 Å². The normalized spacial score (nSPS) is 10.8. The van der Waals surface area contributed by atoms with E-state index in [4.69, 9.17) is 9.47 Å². The summed E-state index contributed by atoms with van der Waals surface area (Å²) >= 11 is 1.37. The van der Waals surface area contributed by atoms with Crippen LogP contribution in [0.2, 0.25) is 0 Å². The summed E-state index contributed by atoms with van der Waals surface area (Å²) in [6.45, 7) is 2.45. The Balaban J connectivity index is 1.62. The summed E-state index contributed by atoms with van der Waals surface area (Å²) in [6, 6.07) is 15.4. The number of carbonyl (C=O) groups is 1. The predicted molar refractivity (Wildman–Crippen MR) is 111 cm³/mol. The molecular formula is C21H21N3O3S. The van der Waals surface area contributed by atoms with Crippen molar-refractivity contribution in [2.75, 3.05) is 12.4 Å². The van der Waals surface area contributed by atoms with Crippen molar-refractivity contribution in [3.63, 3.8) is 0 Å². The Bertz CT molecular complexity index is 955. The number of benzene rings is 2. The van der Waals surface area contributed by atoms with Gasteiger partial charge in [0.2, 0.25) is 11.0 Å². The highest BCUT2D eigenvalue weighted by molar-refractivity contribution is 7.15. The van der Waals surface area contributed by atoms with E-state index in [9.17, 15) is 4.79 Å². The molecule has 1 N–H and O–H groups in total. The first kappa shape index (κ1) is 19.6. The summed E-state index contributed by atoms with van der Waals surface area (Å²) in [6.07, 6.45) is 3.95. The van der Waals surface area contributed by atoms with Crippen LogP contribution in [0.5, 0.6) is 11.5 Å². The minimum atomic E-state index is -0.262. The van der Waals surface area contributed by atoms with Crippen LogP contribution in [0.25, 0.3) is 6.08 Å². The maximum absolute atomic E-state index is 12.0. The van der Waals surface area contributed by atoms with Crippen molar-refractivity contribution in [1.29, 1.82) is 0 Å². The molecule has 7 heteroatoms. The van der Waals surface area contributed by atoms with Gasteiger partial charge in [-0.25, -0.2) is 0 Å². The molecule has 0 aliphatic carbocycles. The van der Waals surface area contributed by atoms with Gasteiger partial charge in [0.15, 0.2) is 11.5 Å². The van der Waals surface area contributed by atoms with Gasteiger partial charge in [-0.05, 0) is 35.8 Å². The van der Waals surface area contributed by atoms with E-state index >= 15 is 0 Å². The largest absolute Gasteiger partial charge is 0.493 e. The van der Waals surface area contributed by atoms with E-state index in [1.54, 1.807) is 13.2 Å². The third-order valence-electron chi connectivity index (χ3n) is 3.85. The molecule has 0 aliphatic rings. The summed E-state index contributed by atoms with van der Waals surface area (Å²) in [5.74, 6) is 0.992. The Kier molecular flexibility index (Phi) is 6.75. The smallest absolute Gasteiger partial charge is 0.250 e. The van der Waals surface area contributed by atoms with Gasteiger partial charge in [0, 0.05) is 6.08 Å². The monoisotopic (exact) mass is 395 g/mol. The van der Waals surface area contributed by atoms with Gasteiger partial charge in [-0.1, -0.05) is 54.7 Å². The third-order valence-corrected chi connectivity index (χ3v) is 4.83. The molecule has 3 aromatic rings. The highest BCUT2D eigenvalue weighted by atomic mass is 32.1. The number of anilines is 1. The van der Waals surface area contributed by atoms with Crippen molar-refractivity contribution in [1.82, 2.24) is 10.2 Å². The molecule has 0 fully saturated rings. The number of methoxy groups -OCH3 is 1. The zero-order valence-corrected chi connectivity index (χ0v) is 16.5. The minimum Gasteiger partial charge on any atom is -0.493 e. The molecule has 6 nitrogen and oxygen atoms in total. The van der Waals surface area contributed by atoms with Gasteiger partial charge >= 0.3 is 0 Å². The van der Waals surface area contributed by atoms with Gasteiger partial charge in [-0.2, -0.15) is 0 Å². The lowest BCUT2D eigenvalue weighted by Crippen LogP contribution is -2.07. The molecule has 0 saturated heterocycles. The SMILES string of the molecule is CCc1nnc(NC(=O)/C=C/c2ccc(OCc3ccccc3)c(OC)c2)s1. The Morgan fingerprint density at radius 2 is 1.96 bits per heavy atom. The quantitative estimate of drug-likeness (QED) is 0.575.